The molecule has 2 unspecified atom stereocenters. The van der Waals surface area contributed by atoms with Crippen LogP contribution in [0.25, 0.3) is 0 Å². The summed E-state index contributed by atoms with van der Waals surface area (Å²) in [6, 6.07) is -0.396. The van der Waals surface area contributed by atoms with Gasteiger partial charge in [0.15, 0.2) is 5.78 Å². The summed E-state index contributed by atoms with van der Waals surface area (Å²) >= 11 is 0. The molecule has 0 spiro atoms. The first-order valence-electron chi connectivity index (χ1n) is 5.80. The van der Waals surface area contributed by atoms with E-state index < -0.39 is 11.6 Å². The highest BCUT2D eigenvalue weighted by Crippen LogP contribution is 2.29. The van der Waals surface area contributed by atoms with Gasteiger partial charge in [0.05, 0.1) is 12.6 Å². The molecule has 16 heavy (non-hydrogen) atoms. The number of carbonyl (C=O) groups excluding carboxylic acids is 2. The average molecular weight is 227 g/mol. The molecule has 1 saturated heterocycles. The van der Waals surface area contributed by atoms with Crippen molar-refractivity contribution >= 4 is 11.7 Å². The number of epoxide rings is 1. The van der Waals surface area contributed by atoms with E-state index in [-0.39, 0.29) is 11.7 Å². The fraction of sp³-hybridized carbons (Fsp3) is 0.833. The Kier molecular flexibility index (Phi) is 4.08. The Morgan fingerprint density at radius 1 is 1.38 bits per heavy atom. The highest BCUT2D eigenvalue weighted by molar-refractivity contribution is 5.96. The molecule has 0 aromatic heterocycles. The van der Waals surface area contributed by atoms with Gasteiger partial charge in [0, 0.05) is 6.92 Å². The van der Waals surface area contributed by atoms with E-state index in [0.717, 1.165) is 6.42 Å². The molecule has 1 fully saturated rings. The van der Waals surface area contributed by atoms with E-state index in [9.17, 15) is 9.59 Å². The minimum Gasteiger partial charge on any atom is -0.361 e. The summed E-state index contributed by atoms with van der Waals surface area (Å²) in [6.45, 7) is 7.89. The van der Waals surface area contributed by atoms with E-state index in [0.29, 0.717) is 18.9 Å². The lowest BCUT2D eigenvalue weighted by Gasteiger charge is -2.19. The Hall–Kier alpha value is -0.900. The first-order chi connectivity index (χ1) is 7.35. The number of ketones is 1. The van der Waals surface area contributed by atoms with Crippen molar-refractivity contribution in [3.63, 3.8) is 0 Å². The summed E-state index contributed by atoms with van der Waals surface area (Å²) in [5.74, 6) is 0.367. The van der Waals surface area contributed by atoms with Gasteiger partial charge in [-0.1, -0.05) is 13.8 Å². The number of rotatable bonds is 6. The highest BCUT2D eigenvalue weighted by atomic mass is 16.6. The van der Waals surface area contributed by atoms with Crippen molar-refractivity contribution in [1.29, 1.82) is 0 Å². The third-order valence-corrected chi connectivity index (χ3v) is 2.83. The van der Waals surface area contributed by atoms with Crippen LogP contribution in [0.4, 0.5) is 0 Å². The molecule has 0 radical (unpaired) electrons. The number of hydrogen-bond acceptors (Lipinski definition) is 3. The summed E-state index contributed by atoms with van der Waals surface area (Å²) in [7, 11) is 0. The minimum absolute atomic E-state index is 0.00310. The van der Waals surface area contributed by atoms with Crippen LogP contribution in [0.5, 0.6) is 0 Å². The maximum atomic E-state index is 12.0. The Labute approximate surface area is 96.7 Å². The second-order valence-corrected chi connectivity index (χ2v) is 5.11. The lowest BCUT2D eigenvalue weighted by atomic mass is 9.94. The number of amides is 1. The average Bonchev–Trinajstić information content (AvgIpc) is 2.90. The normalized spacial score (nSPS) is 25.3. The molecular formula is C12H21NO3. The lowest BCUT2D eigenvalue weighted by Crippen LogP contribution is -2.45. The van der Waals surface area contributed by atoms with Crippen LogP contribution < -0.4 is 5.32 Å². The molecule has 0 saturated carbocycles. The van der Waals surface area contributed by atoms with Gasteiger partial charge in [-0.25, -0.2) is 0 Å². The highest BCUT2D eigenvalue weighted by Gasteiger charge is 2.49. The van der Waals surface area contributed by atoms with Crippen LogP contribution in [-0.2, 0) is 14.3 Å². The summed E-state index contributed by atoms with van der Waals surface area (Å²) in [5, 5.41) is 2.71. The van der Waals surface area contributed by atoms with Crippen LogP contribution in [0, 0.1) is 5.92 Å². The molecule has 4 nitrogen and oxygen atoms in total. The molecule has 0 aliphatic carbocycles. The molecule has 1 N–H and O–H groups in total. The van der Waals surface area contributed by atoms with Crippen molar-refractivity contribution in [2.45, 2.75) is 52.2 Å². The molecule has 0 aromatic rings. The van der Waals surface area contributed by atoms with Crippen molar-refractivity contribution < 1.29 is 14.3 Å². The van der Waals surface area contributed by atoms with Crippen molar-refractivity contribution in [2.75, 3.05) is 6.61 Å². The number of ether oxygens (including phenoxy) is 1. The molecule has 1 aliphatic rings. The van der Waals surface area contributed by atoms with E-state index in [1.165, 1.54) is 6.92 Å². The standard InChI is InChI=1S/C12H21NO3/c1-8(2)5-6-10(13-9(3)14)11(15)12(4)7-16-12/h8,10H,5-7H2,1-4H3,(H,13,14). The second-order valence-electron chi connectivity index (χ2n) is 5.11. The smallest absolute Gasteiger partial charge is 0.217 e. The zero-order chi connectivity index (χ0) is 12.3. The SMILES string of the molecule is CC(=O)NC(CCC(C)C)C(=O)C1(C)CO1. The summed E-state index contributed by atoms with van der Waals surface area (Å²) in [5.41, 5.74) is -0.649. The summed E-state index contributed by atoms with van der Waals surface area (Å²) in [4.78, 5) is 23.1. The molecular weight excluding hydrogens is 206 g/mol. The monoisotopic (exact) mass is 227 g/mol. The van der Waals surface area contributed by atoms with Gasteiger partial charge in [-0.3, -0.25) is 9.59 Å². The molecule has 0 aromatic carbocycles. The molecule has 4 heteroatoms. The molecule has 1 heterocycles. The quantitative estimate of drug-likeness (QED) is 0.695. The fourth-order valence-corrected chi connectivity index (χ4v) is 1.63. The van der Waals surface area contributed by atoms with Crippen LogP contribution in [0.15, 0.2) is 0 Å². The fourth-order valence-electron chi connectivity index (χ4n) is 1.63. The van der Waals surface area contributed by atoms with E-state index in [1.807, 2.05) is 0 Å². The largest absolute Gasteiger partial charge is 0.361 e. The Morgan fingerprint density at radius 2 is 1.94 bits per heavy atom. The molecule has 1 amide bonds. The van der Waals surface area contributed by atoms with Crippen molar-refractivity contribution in [2.24, 2.45) is 5.92 Å². The maximum absolute atomic E-state index is 12.0. The van der Waals surface area contributed by atoms with Gasteiger partial charge in [-0.15, -0.1) is 0 Å². The maximum Gasteiger partial charge on any atom is 0.217 e. The Morgan fingerprint density at radius 3 is 2.31 bits per heavy atom. The first-order valence-corrected chi connectivity index (χ1v) is 5.80. The predicted octanol–water partition coefficient (Wildman–Crippen LogP) is 1.29. The van der Waals surface area contributed by atoms with Crippen LogP contribution in [0.2, 0.25) is 0 Å². The molecule has 1 aliphatic heterocycles. The summed E-state index contributed by atoms with van der Waals surface area (Å²) in [6.07, 6.45) is 1.61. The molecule has 2 atom stereocenters. The predicted molar refractivity (Wildman–Crippen MR) is 61.0 cm³/mol. The van der Waals surface area contributed by atoms with E-state index in [4.69, 9.17) is 4.74 Å². The third-order valence-electron chi connectivity index (χ3n) is 2.83. The number of hydrogen-bond donors (Lipinski definition) is 1. The van der Waals surface area contributed by atoms with Gasteiger partial charge in [0.1, 0.15) is 5.60 Å². The topological polar surface area (TPSA) is 58.7 Å². The zero-order valence-corrected chi connectivity index (χ0v) is 10.5. The van der Waals surface area contributed by atoms with Gasteiger partial charge in [-0.2, -0.15) is 0 Å². The van der Waals surface area contributed by atoms with Crippen LogP contribution in [0.1, 0.15) is 40.5 Å². The third kappa shape index (κ3) is 3.59. The zero-order valence-electron chi connectivity index (χ0n) is 10.5. The van der Waals surface area contributed by atoms with Crippen molar-refractivity contribution in [3.05, 3.63) is 0 Å². The van der Waals surface area contributed by atoms with Crippen LogP contribution >= 0.6 is 0 Å². The van der Waals surface area contributed by atoms with E-state index in [2.05, 4.69) is 19.2 Å². The van der Waals surface area contributed by atoms with Gasteiger partial charge >= 0.3 is 0 Å². The molecule has 92 valence electrons. The van der Waals surface area contributed by atoms with Crippen LogP contribution in [-0.4, -0.2) is 29.9 Å². The Balaban J connectivity index is 2.55. The first kappa shape index (κ1) is 13.2. The number of nitrogens with one attached hydrogen (secondary N) is 1. The molecule has 0 bridgehead atoms. The lowest BCUT2D eigenvalue weighted by molar-refractivity contribution is -0.130. The van der Waals surface area contributed by atoms with Gasteiger partial charge in [0.25, 0.3) is 0 Å². The number of carbonyl (C=O) groups is 2. The minimum atomic E-state index is -0.649. The van der Waals surface area contributed by atoms with Gasteiger partial charge in [0.2, 0.25) is 5.91 Å². The number of Topliss-reactive ketones (excluding diaryl/α,β-unsaturated/α-hetero) is 1. The van der Waals surface area contributed by atoms with E-state index in [1.54, 1.807) is 6.92 Å². The van der Waals surface area contributed by atoms with E-state index >= 15 is 0 Å². The molecule has 1 rings (SSSR count). The Bertz CT molecular complexity index is 282. The second kappa shape index (κ2) is 4.95. The summed E-state index contributed by atoms with van der Waals surface area (Å²) < 4.78 is 5.13. The van der Waals surface area contributed by atoms with Crippen molar-refractivity contribution in [1.82, 2.24) is 5.32 Å². The van der Waals surface area contributed by atoms with Gasteiger partial charge < -0.3 is 10.1 Å². The van der Waals surface area contributed by atoms with Crippen molar-refractivity contribution in [3.8, 4) is 0 Å². The van der Waals surface area contributed by atoms with Crippen LogP contribution in [0.3, 0.4) is 0 Å². The van der Waals surface area contributed by atoms with Gasteiger partial charge in [-0.05, 0) is 25.7 Å².